The number of fused-ring (bicyclic) bond motifs is 1. The number of rotatable bonds is 5. The molecule has 3 aromatic rings. The van der Waals surface area contributed by atoms with Crippen LogP contribution in [0, 0.1) is 6.92 Å². The lowest BCUT2D eigenvalue weighted by atomic mass is 10.3. The van der Waals surface area contributed by atoms with E-state index in [1.54, 1.807) is 24.0 Å². The summed E-state index contributed by atoms with van der Waals surface area (Å²) in [4.78, 5) is 11.8. The molecule has 1 N–H and O–H groups in total. The summed E-state index contributed by atoms with van der Waals surface area (Å²) in [6.45, 7) is 4.28. The predicted molar refractivity (Wildman–Crippen MR) is 88.1 cm³/mol. The molecule has 0 aliphatic rings. The number of hydrogen-bond acceptors (Lipinski definition) is 5. The number of oxazole rings is 1. The van der Waals surface area contributed by atoms with Crippen molar-refractivity contribution in [1.82, 2.24) is 19.1 Å². The quantitative estimate of drug-likeness (QED) is 0.744. The van der Waals surface area contributed by atoms with Crippen LogP contribution in [0.15, 0.2) is 38.5 Å². The molecular weight excluding hydrogens is 332 g/mol. The first-order valence-electron chi connectivity index (χ1n) is 7.44. The first-order chi connectivity index (χ1) is 11.3. The van der Waals surface area contributed by atoms with E-state index in [4.69, 9.17) is 4.42 Å². The van der Waals surface area contributed by atoms with E-state index in [1.807, 2.05) is 13.8 Å². The molecule has 9 heteroatoms. The Morgan fingerprint density at radius 3 is 2.71 bits per heavy atom. The summed E-state index contributed by atoms with van der Waals surface area (Å²) < 4.78 is 35.7. The number of aryl methyl sites for hydroxylation is 2. The average molecular weight is 350 g/mol. The van der Waals surface area contributed by atoms with Gasteiger partial charge in [0.1, 0.15) is 0 Å². The van der Waals surface area contributed by atoms with Gasteiger partial charge in [0, 0.05) is 37.5 Å². The SMILES string of the molecule is CCn1c(=O)oc2cc(S(=O)(=O)NCc3cnn(C)c3C)ccc21. The van der Waals surface area contributed by atoms with Gasteiger partial charge in [0.05, 0.1) is 16.6 Å². The number of nitrogens with zero attached hydrogens (tertiary/aromatic N) is 3. The molecule has 128 valence electrons. The van der Waals surface area contributed by atoms with Crippen molar-refractivity contribution < 1.29 is 12.8 Å². The Morgan fingerprint density at radius 1 is 1.33 bits per heavy atom. The van der Waals surface area contributed by atoms with E-state index >= 15 is 0 Å². The lowest BCUT2D eigenvalue weighted by molar-refractivity contribution is 0.512. The van der Waals surface area contributed by atoms with Crippen LogP contribution in [0.4, 0.5) is 0 Å². The molecule has 0 saturated heterocycles. The van der Waals surface area contributed by atoms with Crippen molar-refractivity contribution in [2.45, 2.75) is 31.8 Å². The Labute approximate surface area is 138 Å². The second-order valence-corrected chi connectivity index (χ2v) is 7.21. The first kappa shape index (κ1) is 16.5. The van der Waals surface area contributed by atoms with Crippen LogP contribution in [0.25, 0.3) is 11.1 Å². The zero-order chi connectivity index (χ0) is 17.5. The van der Waals surface area contributed by atoms with Gasteiger partial charge in [-0.2, -0.15) is 5.10 Å². The topological polar surface area (TPSA) is 99.1 Å². The van der Waals surface area contributed by atoms with E-state index < -0.39 is 15.8 Å². The maximum absolute atomic E-state index is 12.5. The van der Waals surface area contributed by atoms with Crippen LogP contribution in [0.1, 0.15) is 18.2 Å². The Bertz CT molecular complexity index is 1060. The van der Waals surface area contributed by atoms with Gasteiger partial charge in [-0.05, 0) is 26.0 Å². The normalized spacial score (nSPS) is 12.1. The van der Waals surface area contributed by atoms with Gasteiger partial charge in [0.15, 0.2) is 5.58 Å². The standard InChI is InChI=1S/C15H18N4O4S/c1-4-19-13-6-5-12(7-14(13)23-15(19)20)24(21,22)17-9-11-8-16-18(3)10(11)2/h5-8,17H,4,9H2,1-3H3. The molecule has 0 radical (unpaired) electrons. The minimum atomic E-state index is -3.73. The van der Waals surface area contributed by atoms with Crippen LogP contribution in [-0.2, 0) is 30.2 Å². The van der Waals surface area contributed by atoms with Crippen LogP contribution >= 0.6 is 0 Å². The van der Waals surface area contributed by atoms with Gasteiger partial charge >= 0.3 is 5.76 Å². The van der Waals surface area contributed by atoms with E-state index in [-0.39, 0.29) is 17.0 Å². The van der Waals surface area contributed by atoms with Crippen molar-refractivity contribution in [3.63, 3.8) is 0 Å². The molecule has 0 saturated carbocycles. The predicted octanol–water partition coefficient (Wildman–Crippen LogP) is 1.13. The summed E-state index contributed by atoms with van der Waals surface area (Å²) in [6, 6.07) is 4.40. The van der Waals surface area contributed by atoms with Crippen molar-refractivity contribution in [3.05, 3.63) is 46.2 Å². The molecule has 0 fully saturated rings. The number of sulfonamides is 1. The van der Waals surface area contributed by atoms with Gasteiger partial charge in [-0.25, -0.2) is 17.9 Å². The van der Waals surface area contributed by atoms with E-state index in [0.717, 1.165) is 11.3 Å². The minimum absolute atomic E-state index is 0.0496. The molecule has 3 rings (SSSR count). The lowest BCUT2D eigenvalue weighted by Gasteiger charge is -2.07. The maximum atomic E-state index is 12.5. The molecule has 2 heterocycles. The number of nitrogens with one attached hydrogen (secondary N) is 1. The van der Waals surface area contributed by atoms with Crippen molar-refractivity contribution in [2.24, 2.45) is 7.05 Å². The van der Waals surface area contributed by atoms with Crippen molar-refractivity contribution >= 4 is 21.1 Å². The molecule has 24 heavy (non-hydrogen) atoms. The number of hydrogen-bond donors (Lipinski definition) is 1. The Kier molecular flexibility index (Phi) is 4.06. The van der Waals surface area contributed by atoms with Gasteiger partial charge in [-0.1, -0.05) is 0 Å². The van der Waals surface area contributed by atoms with Crippen molar-refractivity contribution in [1.29, 1.82) is 0 Å². The smallest absolute Gasteiger partial charge is 0.408 e. The van der Waals surface area contributed by atoms with Gasteiger partial charge in [-0.3, -0.25) is 9.25 Å². The summed E-state index contributed by atoms with van der Waals surface area (Å²) in [6.07, 6.45) is 1.63. The van der Waals surface area contributed by atoms with Gasteiger partial charge in [0.2, 0.25) is 10.0 Å². The fourth-order valence-corrected chi connectivity index (χ4v) is 3.51. The molecule has 0 amide bonds. The zero-order valence-corrected chi connectivity index (χ0v) is 14.4. The summed E-state index contributed by atoms with van der Waals surface area (Å²) in [5.41, 5.74) is 2.51. The van der Waals surface area contributed by atoms with Crippen molar-refractivity contribution in [2.75, 3.05) is 0 Å². The zero-order valence-electron chi connectivity index (χ0n) is 13.6. The molecule has 0 aliphatic heterocycles. The van der Waals surface area contributed by atoms with E-state index in [9.17, 15) is 13.2 Å². The van der Waals surface area contributed by atoms with Crippen LogP contribution in [-0.4, -0.2) is 22.8 Å². The van der Waals surface area contributed by atoms with Crippen molar-refractivity contribution in [3.8, 4) is 0 Å². The first-order valence-corrected chi connectivity index (χ1v) is 8.92. The Hall–Kier alpha value is -2.39. The minimum Gasteiger partial charge on any atom is -0.408 e. The van der Waals surface area contributed by atoms with Crippen LogP contribution in [0.5, 0.6) is 0 Å². The summed E-state index contributed by atoms with van der Waals surface area (Å²) in [5.74, 6) is -0.499. The number of benzene rings is 1. The second kappa shape index (κ2) is 5.91. The molecule has 0 aliphatic carbocycles. The molecule has 0 atom stereocenters. The van der Waals surface area contributed by atoms with E-state index in [0.29, 0.717) is 12.1 Å². The van der Waals surface area contributed by atoms with Gasteiger partial charge < -0.3 is 4.42 Å². The molecular formula is C15H18N4O4S. The monoisotopic (exact) mass is 350 g/mol. The number of aromatic nitrogens is 3. The summed E-state index contributed by atoms with van der Waals surface area (Å²) in [7, 11) is -1.93. The largest absolute Gasteiger partial charge is 0.419 e. The van der Waals surface area contributed by atoms with Gasteiger partial charge in [0.25, 0.3) is 0 Å². The molecule has 0 spiro atoms. The van der Waals surface area contributed by atoms with E-state index in [2.05, 4.69) is 9.82 Å². The molecule has 8 nitrogen and oxygen atoms in total. The second-order valence-electron chi connectivity index (χ2n) is 5.45. The highest BCUT2D eigenvalue weighted by atomic mass is 32.2. The molecule has 1 aromatic carbocycles. The third-order valence-corrected chi connectivity index (χ3v) is 5.45. The Morgan fingerprint density at radius 2 is 2.08 bits per heavy atom. The van der Waals surface area contributed by atoms with E-state index in [1.165, 1.54) is 16.7 Å². The fraction of sp³-hybridized carbons (Fsp3) is 0.333. The average Bonchev–Trinajstić information content (AvgIpc) is 3.04. The van der Waals surface area contributed by atoms with Crippen LogP contribution in [0.2, 0.25) is 0 Å². The fourth-order valence-electron chi connectivity index (χ4n) is 2.49. The lowest BCUT2D eigenvalue weighted by Crippen LogP contribution is -2.23. The summed E-state index contributed by atoms with van der Waals surface area (Å²) >= 11 is 0. The summed E-state index contributed by atoms with van der Waals surface area (Å²) in [5, 5.41) is 4.08. The molecule has 0 unspecified atom stereocenters. The third-order valence-electron chi connectivity index (χ3n) is 4.06. The third kappa shape index (κ3) is 2.76. The van der Waals surface area contributed by atoms with Gasteiger partial charge in [-0.15, -0.1) is 0 Å². The van der Waals surface area contributed by atoms with Crippen LogP contribution in [0.3, 0.4) is 0 Å². The molecule has 0 bridgehead atoms. The molecule has 2 aromatic heterocycles. The highest BCUT2D eigenvalue weighted by Crippen LogP contribution is 2.19. The highest BCUT2D eigenvalue weighted by molar-refractivity contribution is 7.89. The Balaban J connectivity index is 1.90. The highest BCUT2D eigenvalue weighted by Gasteiger charge is 2.18. The van der Waals surface area contributed by atoms with Crippen LogP contribution < -0.4 is 10.5 Å². The maximum Gasteiger partial charge on any atom is 0.419 e.